The lowest BCUT2D eigenvalue weighted by Crippen LogP contribution is -2.58. The number of nitrogens with one attached hydrogen (secondary N) is 1. The maximum absolute atomic E-state index is 12.2. The predicted molar refractivity (Wildman–Crippen MR) is 67.9 cm³/mol. The molecule has 1 aliphatic rings. The van der Waals surface area contributed by atoms with Crippen LogP contribution in [0, 0.1) is 10.1 Å². The summed E-state index contributed by atoms with van der Waals surface area (Å²) in [6.07, 6.45) is 0. The average molecular weight is 284 g/mol. The Morgan fingerprint density at radius 3 is 2.84 bits per heavy atom. The van der Waals surface area contributed by atoms with Crippen molar-refractivity contribution in [3.05, 3.63) is 27.1 Å². The van der Waals surface area contributed by atoms with E-state index in [0.717, 1.165) is 11.3 Å². The molecule has 1 aromatic heterocycles. The van der Waals surface area contributed by atoms with Gasteiger partial charge in [-0.05, 0) is 6.07 Å². The second kappa shape index (κ2) is 5.33. The molecular weight excluding hydrogens is 272 g/mol. The molecule has 8 nitrogen and oxygen atoms in total. The number of thiophene rings is 1. The summed E-state index contributed by atoms with van der Waals surface area (Å²) in [5.41, 5.74) is 5.25. The van der Waals surface area contributed by atoms with Gasteiger partial charge < -0.3 is 16.0 Å². The second-order valence-electron chi connectivity index (χ2n) is 4.02. The zero-order chi connectivity index (χ0) is 14.0. The monoisotopic (exact) mass is 284 g/mol. The lowest BCUT2D eigenvalue weighted by atomic mass is 10.1. The molecule has 1 aliphatic heterocycles. The van der Waals surface area contributed by atoms with Gasteiger partial charge in [0.15, 0.2) is 0 Å². The molecule has 9 heteroatoms. The fourth-order valence-electron chi connectivity index (χ4n) is 1.88. The molecule has 0 spiro atoms. The van der Waals surface area contributed by atoms with Crippen LogP contribution in [0.3, 0.4) is 0 Å². The second-order valence-corrected chi connectivity index (χ2v) is 5.08. The van der Waals surface area contributed by atoms with Crippen molar-refractivity contribution in [1.82, 2.24) is 10.2 Å². The smallest absolute Gasteiger partial charge is 0.324 e. The van der Waals surface area contributed by atoms with E-state index in [1.54, 1.807) is 0 Å². The van der Waals surface area contributed by atoms with Crippen LogP contribution < -0.4 is 11.1 Å². The standard InChI is InChI=1S/C10H12N4O4S/c11-9(15)6-5-12-3-4-13(6)10(16)7-1-2-8(19-7)14(17)18/h1-2,6,12H,3-5H2,(H2,11,15). The van der Waals surface area contributed by atoms with Crippen LogP contribution in [0.2, 0.25) is 0 Å². The van der Waals surface area contributed by atoms with Gasteiger partial charge in [0, 0.05) is 25.7 Å². The largest absolute Gasteiger partial charge is 0.368 e. The molecule has 2 heterocycles. The molecular formula is C10H12N4O4S. The highest BCUT2D eigenvalue weighted by Gasteiger charge is 2.32. The molecule has 1 saturated heterocycles. The van der Waals surface area contributed by atoms with E-state index in [9.17, 15) is 19.7 Å². The molecule has 0 radical (unpaired) electrons. The molecule has 1 fully saturated rings. The van der Waals surface area contributed by atoms with Crippen molar-refractivity contribution < 1.29 is 14.5 Å². The van der Waals surface area contributed by atoms with Crippen molar-refractivity contribution in [1.29, 1.82) is 0 Å². The van der Waals surface area contributed by atoms with Crippen molar-refractivity contribution in [3.8, 4) is 0 Å². The molecule has 0 bridgehead atoms. The van der Waals surface area contributed by atoms with E-state index in [2.05, 4.69) is 5.32 Å². The number of hydrogen-bond donors (Lipinski definition) is 2. The Bertz CT molecular complexity index is 529. The highest BCUT2D eigenvalue weighted by Crippen LogP contribution is 2.25. The topological polar surface area (TPSA) is 119 Å². The van der Waals surface area contributed by atoms with Gasteiger partial charge in [-0.25, -0.2) is 0 Å². The van der Waals surface area contributed by atoms with Gasteiger partial charge >= 0.3 is 5.00 Å². The summed E-state index contributed by atoms with van der Waals surface area (Å²) in [5.74, 6) is -0.991. The third-order valence-corrected chi connectivity index (χ3v) is 3.84. The van der Waals surface area contributed by atoms with E-state index in [1.807, 2.05) is 0 Å². The average Bonchev–Trinajstić information content (AvgIpc) is 2.87. The Labute approximate surface area is 112 Å². The van der Waals surface area contributed by atoms with Crippen molar-refractivity contribution in [2.45, 2.75) is 6.04 Å². The van der Waals surface area contributed by atoms with Crippen molar-refractivity contribution in [3.63, 3.8) is 0 Å². The van der Waals surface area contributed by atoms with Crippen LogP contribution in [-0.4, -0.2) is 47.3 Å². The first kappa shape index (κ1) is 13.4. The highest BCUT2D eigenvalue weighted by molar-refractivity contribution is 7.17. The molecule has 0 saturated carbocycles. The number of amides is 2. The van der Waals surface area contributed by atoms with E-state index in [0.29, 0.717) is 19.6 Å². The maximum atomic E-state index is 12.2. The van der Waals surface area contributed by atoms with E-state index in [4.69, 9.17) is 5.73 Å². The molecule has 3 N–H and O–H groups in total. The number of nitro groups is 1. The zero-order valence-electron chi connectivity index (χ0n) is 9.87. The molecule has 2 rings (SSSR count). The number of hydrogen-bond acceptors (Lipinski definition) is 6. The minimum Gasteiger partial charge on any atom is -0.368 e. The normalized spacial score (nSPS) is 19.2. The first-order valence-corrected chi connectivity index (χ1v) is 6.37. The van der Waals surface area contributed by atoms with Gasteiger partial charge in [0.25, 0.3) is 5.91 Å². The molecule has 0 aliphatic carbocycles. The van der Waals surface area contributed by atoms with E-state index >= 15 is 0 Å². The summed E-state index contributed by atoms with van der Waals surface area (Å²) in [6.45, 7) is 1.20. The van der Waals surface area contributed by atoms with Gasteiger partial charge in [-0.2, -0.15) is 0 Å². The van der Waals surface area contributed by atoms with E-state index in [-0.39, 0.29) is 9.88 Å². The van der Waals surface area contributed by atoms with Crippen LogP contribution in [0.1, 0.15) is 9.67 Å². The van der Waals surface area contributed by atoms with Crippen molar-refractivity contribution >= 4 is 28.2 Å². The number of nitrogens with zero attached hydrogens (tertiary/aromatic N) is 2. The number of rotatable bonds is 3. The summed E-state index contributed by atoms with van der Waals surface area (Å²) in [7, 11) is 0. The van der Waals surface area contributed by atoms with Gasteiger partial charge in [0.05, 0.1) is 9.80 Å². The first-order chi connectivity index (χ1) is 9.00. The Hall–Kier alpha value is -2.00. The van der Waals surface area contributed by atoms with Crippen molar-refractivity contribution in [2.24, 2.45) is 5.73 Å². The molecule has 19 heavy (non-hydrogen) atoms. The fourth-order valence-corrected chi connectivity index (χ4v) is 2.66. The SMILES string of the molecule is NC(=O)C1CNCCN1C(=O)c1ccc([N+](=O)[O-])s1. The van der Waals surface area contributed by atoms with Gasteiger partial charge in [-0.3, -0.25) is 19.7 Å². The molecule has 1 atom stereocenters. The predicted octanol–water partition coefficient (Wildman–Crippen LogP) is -0.444. The Kier molecular flexibility index (Phi) is 3.76. The van der Waals surface area contributed by atoms with Crippen LogP contribution in [0.15, 0.2) is 12.1 Å². The summed E-state index contributed by atoms with van der Waals surface area (Å²) in [5, 5.41) is 13.5. The number of piperazine rings is 1. The molecule has 102 valence electrons. The summed E-state index contributed by atoms with van der Waals surface area (Å²) < 4.78 is 0. The number of carbonyl (C=O) groups excluding carboxylic acids is 2. The van der Waals surface area contributed by atoms with E-state index < -0.39 is 22.8 Å². The maximum Gasteiger partial charge on any atom is 0.324 e. The highest BCUT2D eigenvalue weighted by atomic mass is 32.1. The molecule has 0 aromatic carbocycles. The van der Waals surface area contributed by atoms with Crippen molar-refractivity contribution in [2.75, 3.05) is 19.6 Å². The van der Waals surface area contributed by atoms with Crippen LogP contribution >= 0.6 is 11.3 Å². The molecule has 1 aromatic rings. The van der Waals surface area contributed by atoms with Gasteiger partial charge in [0.1, 0.15) is 6.04 Å². The first-order valence-electron chi connectivity index (χ1n) is 5.56. The Morgan fingerprint density at radius 1 is 1.53 bits per heavy atom. The molecule has 1 unspecified atom stereocenters. The third-order valence-electron chi connectivity index (χ3n) is 2.82. The minimum atomic E-state index is -0.720. The zero-order valence-corrected chi connectivity index (χ0v) is 10.7. The van der Waals surface area contributed by atoms with Gasteiger partial charge in [0.2, 0.25) is 5.91 Å². The number of nitrogens with two attached hydrogens (primary N) is 1. The minimum absolute atomic E-state index is 0.103. The van der Waals surface area contributed by atoms with Gasteiger partial charge in [-0.15, -0.1) is 0 Å². The van der Waals surface area contributed by atoms with E-state index in [1.165, 1.54) is 17.0 Å². The summed E-state index contributed by atoms with van der Waals surface area (Å²) in [6, 6.07) is 1.95. The summed E-state index contributed by atoms with van der Waals surface area (Å²) >= 11 is 0.794. The lowest BCUT2D eigenvalue weighted by Gasteiger charge is -2.33. The quantitative estimate of drug-likeness (QED) is 0.576. The van der Waals surface area contributed by atoms with Crippen LogP contribution in [-0.2, 0) is 4.79 Å². The number of carbonyl (C=O) groups is 2. The Morgan fingerprint density at radius 2 is 2.26 bits per heavy atom. The van der Waals surface area contributed by atoms with Gasteiger partial charge in [-0.1, -0.05) is 11.3 Å². The van der Waals surface area contributed by atoms with Crippen LogP contribution in [0.5, 0.6) is 0 Å². The molecule has 2 amide bonds. The fraction of sp³-hybridized carbons (Fsp3) is 0.400. The lowest BCUT2D eigenvalue weighted by molar-refractivity contribution is -0.380. The summed E-state index contributed by atoms with van der Waals surface area (Å²) in [4.78, 5) is 35.2. The number of primary amides is 1. The third kappa shape index (κ3) is 2.71. The van der Waals surface area contributed by atoms with Crippen LogP contribution in [0.25, 0.3) is 0 Å². The Balaban J connectivity index is 2.21. The van der Waals surface area contributed by atoms with Crippen LogP contribution in [0.4, 0.5) is 5.00 Å².